The molecule has 9 aromatic rings. The Morgan fingerprint density at radius 1 is 0.544 bits per heavy atom. The Kier molecular flexibility index (Phi) is 9.61. The fourth-order valence-corrected chi connectivity index (χ4v) is 7.46. The first-order valence-electron chi connectivity index (χ1n) is 19.0. The van der Waals surface area contributed by atoms with Crippen molar-refractivity contribution in [1.29, 1.82) is 0 Å². The fourth-order valence-electron chi connectivity index (χ4n) is 7.46. The number of para-hydroxylation sites is 2. The van der Waals surface area contributed by atoms with Gasteiger partial charge >= 0.3 is 0 Å². The number of rotatable bonds is 8. The minimum absolute atomic E-state index is 0.490. The Labute approximate surface area is 331 Å². The Morgan fingerprint density at radius 2 is 1.11 bits per heavy atom. The smallest absolute Gasteiger partial charge is 0.161 e. The molecule has 0 atom stereocenters. The molecule has 0 radical (unpaired) electrons. The lowest BCUT2D eigenvalue weighted by molar-refractivity contribution is 0.669. The SMILES string of the molecule is C=NC(=NC(=N\C=C(/C(=C\C=C\C)c1ccccc1)n1c2ccccc2c2ccc(-c3ccc4c(c3)oc3ccccc34)cc21)c1ccccc1)c1ccccc1. The lowest BCUT2D eigenvalue weighted by Gasteiger charge is -2.17. The van der Waals surface area contributed by atoms with Gasteiger partial charge in [-0.15, -0.1) is 0 Å². The summed E-state index contributed by atoms with van der Waals surface area (Å²) >= 11 is 0. The minimum atomic E-state index is 0.490. The van der Waals surface area contributed by atoms with Gasteiger partial charge in [0.2, 0.25) is 0 Å². The van der Waals surface area contributed by atoms with Crippen LogP contribution in [0.1, 0.15) is 23.6 Å². The molecule has 2 aromatic heterocycles. The van der Waals surface area contributed by atoms with E-state index in [0.29, 0.717) is 11.7 Å². The van der Waals surface area contributed by atoms with E-state index in [9.17, 15) is 0 Å². The third-order valence-corrected chi connectivity index (χ3v) is 10.2. The van der Waals surface area contributed by atoms with E-state index in [1.165, 1.54) is 0 Å². The number of furan rings is 1. The van der Waals surface area contributed by atoms with Crippen molar-refractivity contribution >= 4 is 73.4 Å². The molecule has 0 unspecified atom stereocenters. The molecule has 0 aliphatic carbocycles. The Hall–Kier alpha value is -7.63. The average molecular weight is 735 g/mol. The van der Waals surface area contributed by atoms with Crippen molar-refractivity contribution in [1.82, 2.24) is 4.57 Å². The number of allylic oxidation sites excluding steroid dienone is 5. The molecule has 7 aromatic carbocycles. The van der Waals surface area contributed by atoms with E-state index in [-0.39, 0.29) is 0 Å². The number of benzene rings is 7. The van der Waals surface area contributed by atoms with Gasteiger partial charge in [-0.1, -0.05) is 164 Å². The maximum atomic E-state index is 6.32. The highest BCUT2D eigenvalue weighted by molar-refractivity contribution is 6.16. The van der Waals surface area contributed by atoms with Gasteiger partial charge < -0.3 is 8.98 Å². The van der Waals surface area contributed by atoms with E-state index in [1.807, 2.05) is 98.1 Å². The van der Waals surface area contributed by atoms with E-state index in [4.69, 9.17) is 14.4 Å². The number of hydrogen-bond acceptors (Lipinski definition) is 2. The molecular formula is C52H38N4O. The topological polar surface area (TPSA) is 55.1 Å². The summed E-state index contributed by atoms with van der Waals surface area (Å²) in [5.41, 5.74) is 10.6. The quantitative estimate of drug-likeness (QED) is 0.0871. The van der Waals surface area contributed by atoms with Gasteiger partial charge in [-0.2, -0.15) is 0 Å². The molecule has 0 aliphatic heterocycles. The van der Waals surface area contributed by atoms with Gasteiger partial charge in [-0.05, 0) is 60.7 Å². The van der Waals surface area contributed by atoms with Gasteiger partial charge in [0, 0.05) is 38.2 Å². The van der Waals surface area contributed by atoms with Gasteiger partial charge in [0.25, 0.3) is 0 Å². The molecule has 272 valence electrons. The van der Waals surface area contributed by atoms with Crippen LogP contribution in [0.4, 0.5) is 0 Å². The van der Waals surface area contributed by atoms with Gasteiger partial charge in [-0.3, -0.25) is 0 Å². The first-order valence-corrected chi connectivity index (χ1v) is 19.0. The summed E-state index contributed by atoms with van der Waals surface area (Å²) in [4.78, 5) is 14.6. The molecule has 0 saturated carbocycles. The molecule has 5 heteroatoms. The maximum absolute atomic E-state index is 6.32. The van der Waals surface area contributed by atoms with Crippen LogP contribution in [0.5, 0.6) is 0 Å². The monoisotopic (exact) mass is 734 g/mol. The zero-order valence-electron chi connectivity index (χ0n) is 31.5. The lowest BCUT2D eigenvalue weighted by atomic mass is 10.0. The largest absolute Gasteiger partial charge is 0.456 e. The fraction of sp³-hybridized carbons (Fsp3) is 0.0192. The molecule has 57 heavy (non-hydrogen) atoms. The van der Waals surface area contributed by atoms with Crippen molar-refractivity contribution in [2.24, 2.45) is 15.0 Å². The van der Waals surface area contributed by atoms with E-state index < -0.39 is 0 Å². The predicted octanol–water partition coefficient (Wildman–Crippen LogP) is 13.4. The second-order valence-corrected chi connectivity index (χ2v) is 13.7. The molecule has 0 aliphatic rings. The number of fused-ring (bicyclic) bond motifs is 6. The summed E-state index contributed by atoms with van der Waals surface area (Å²) in [6.07, 6.45) is 8.22. The van der Waals surface area contributed by atoms with Crippen LogP contribution < -0.4 is 0 Å². The van der Waals surface area contributed by atoms with Crippen LogP contribution >= 0.6 is 0 Å². The van der Waals surface area contributed by atoms with Crippen molar-refractivity contribution < 1.29 is 4.42 Å². The van der Waals surface area contributed by atoms with E-state index in [2.05, 4.69) is 125 Å². The molecule has 0 bridgehead atoms. The first kappa shape index (κ1) is 35.1. The number of aliphatic imine (C=N–C) groups is 3. The summed E-state index contributed by atoms with van der Waals surface area (Å²) < 4.78 is 8.65. The van der Waals surface area contributed by atoms with Gasteiger partial charge in [0.05, 0.1) is 22.9 Å². The zero-order valence-corrected chi connectivity index (χ0v) is 31.5. The molecule has 0 fully saturated rings. The second-order valence-electron chi connectivity index (χ2n) is 13.7. The maximum Gasteiger partial charge on any atom is 0.161 e. The van der Waals surface area contributed by atoms with Crippen molar-refractivity contribution in [2.75, 3.05) is 0 Å². The predicted molar refractivity (Wildman–Crippen MR) is 241 cm³/mol. The average Bonchev–Trinajstić information content (AvgIpc) is 3.81. The number of hydrogen-bond donors (Lipinski definition) is 0. The summed E-state index contributed by atoms with van der Waals surface area (Å²) in [7, 11) is 0. The van der Waals surface area contributed by atoms with E-state index in [0.717, 1.165) is 82.8 Å². The van der Waals surface area contributed by atoms with E-state index in [1.54, 1.807) is 0 Å². The molecule has 0 N–H and O–H groups in total. The minimum Gasteiger partial charge on any atom is -0.456 e. The number of nitrogens with zero attached hydrogens (tertiary/aromatic N) is 4. The molecule has 5 nitrogen and oxygen atoms in total. The highest BCUT2D eigenvalue weighted by Crippen LogP contribution is 2.40. The molecule has 0 spiro atoms. The van der Waals surface area contributed by atoms with Crippen LogP contribution in [0.25, 0.3) is 66.1 Å². The highest BCUT2D eigenvalue weighted by atomic mass is 16.3. The highest BCUT2D eigenvalue weighted by Gasteiger charge is 2.19. The van der Waals surface area contributed by atoms with Crippen LogP contribution in [0.15, 0.2) is 220 Å². The van der Waals surface area contributed by atoms with Crippen LogP contribution in [0.3, 0.4) is 0 Å². The van der Waals surface area contributed by atoms with Crippen LogP contribution in [-0.2, 0) is 0 Å². The molecule has 0 amide bonds. The summed E-state index contributed by atoms with van der Waals surface area (Å²) in [5.74, 6) is 1.00. The van der Waals surface area contributed by atoms with Crippen molar-refractivity contribution in [3.63, 3.8) is 0 Å². The Bertz CT molecular complexity index is 3070. The molecule has 9 rings (SSSR count). The molecular weight excluding hydrogens is 697 g/mol. The third-order valence-electron chi connectivity index (χ3n) is 10.2. The second kappa shape index (κ2) is 15.6. The van der Waals surface area contributed by atoms with Crippen LogP contribution in [-0.4, -0.2) is 23.0 Å². The van der Waals surface area contributed by atoms with Crippen molar-refractivity contribution in [3.05, 3.63) is 217 Å². The number of amidine groups is 2. The summed E-state index contributed by atoms with van der Waals surface area (Å²) in [6, 6.07) is 60.3. The van der Waals surface area contributed by atoms with Crippen molar-refractivity contribution in [3.8, 4) is 11.1 Å². The first-order chi connectivity index (χ1) is 28.2. The number of aromatic nitrogens is 1. The van der Waals surface area contributed by atoms with E-state index >= 15 is 0 Å². The van der Waals surface area contributed by atoms with Crippen LogP contribution in [0.2, 0.25) is 0 Å². The van der Waals surface area contributed by atoms with Gasteiger partial charge in [0.15, 0.2) is 11.7 Å². The summed E-state index contributed by atoms with van der Waals surface area (Å²) in [6.45, 7) is 5.90. The summed E-state index contributed by atoms with van der Waals surface area (Å²) in [5, 5.41) is 4.50. The normalized spacial score (nSPS) is 13.1. The van der Waals surface area contributed by atoms with Gasteiger partial charge in [-0.25, -0.2) is 15.0 Å². The lowest BCUT2D eigenvalue weighted by Crippen LogP contribution is -2.05. The zero-order chi connectivity index (χ0) is 38.6. The molecule has 2 heterocycles. The van der Waals surface area contributed by atoms with Crippen LogP contribution in [0, 0.1) is 0 Å². The Balaban J connectivity index is 1.32. The third kappa shape index (κ3) is 6.83. The van der Waals surface area contributed by atoms with Crippen molar-refractivity contribution in [2.45, 2.75) is 6.92 Å². The standard InChI is InChI=1S/C52H38N4O/c1-3-4-24-41(36-18-8-5-9-19-36)48(35-54-52(38-22-12-7-13-23-38)55-51(53-2)37-20-10-6-11-21-37)56-46-27-16-14-25-42(46)43-31-29-39(33-47(43)56)40-30-32-45-44-26-15-17-28-49(44)57-50(45)34-40/h3-35H,2H2,1H3/b4-3+,41-24-,48-35+,54-52?,55-51?. The van der Waals surface area contributed by atoms with Gasteiger partial charge in [0.1, 0.15) is 11.2 Å². The molecule has 0 saturated heterocycles. The Morgan fingerprint density at radius 3 is 1.81 bits per heavy atom.